The van der Waals surface area contributed by atoms with E-state index in [1.165, 1.54) is 0 Å². The van der Waals surface area contributed by atoms with E-state index in [2.05, 4.69) is 34.4 Å². The molecule has 6 heteroatoms. The van der Waals surface area contributed by atoms with Crippen LogP contribution in [-0.2, 0) is 11.2 Å². The Hall–Kier alpha value is -2.47. The van der Waals surface area contributed by atoms with Crippen LogP contribution in [0.15, 0.2) is 42.7 Å². The van der Waals surface area contributed by atoms with E-state index in [1.54, 1.807) is 12.4 Å². The Bertz CT molecular complexity index is 732. The highest BCUT2D eigenvalue weighted by Gasteiger charge is 2.28. The smallest absolute Gasteiger partial charge is 0.252 e. The number of nitrogens with zero attached hydrogens (tertiary/aromatic N) is 2. The van der Waals surface area contributed by atoms with Crippen molar-refractivity contribution in [2.75, 3.05) is 18.5 Å². The van der Waals surface area contributed by atoms with Crippen LogP contribution >= 0.6 is 0 Å². The van der Waals surface area contributed by atoms with Crippen LogP contribution in [0.3, 0.4) is 0 Å². The van der Waals surface area contributed by atoms with Crippen LogP contribution in [0, 0.1) is 0 Å². The van der Waals surface area contributed by atoms with Gasteiger partial charge in [-0.15, -0.1) is 0 Å². The van der Waals surface area contributed by atoms with Crippen LogP contribution in [0.5, 0.6) is 0 Å². The van der Waals surface area contributed by atoms with Gasteiger partial charge in [0.2, 0.25) is 0 Å². The fourth-order valence-electron chi connectivity index (χ4n) is 3.30. The lowest BCUT2D eigenvalue weighted by Gasteiger charge is -2.36. The molecule has 1 amide bonds. The molecule has 2 N–H and O–H groups in total. The van der Waals surface area contributed by atoms with Gasteiger partial charge in [0, 0.05) is 37.3 Å². The van der Waals surface area contributed by atoms with E-state index in [-0.39, 0.29) is 11.5 Å². The molecule has 0 saturated carbocycles. The number of nitrogens with one attached hydrogen (secondary N) is 2. The number of carbonyl (C=O) groups excluding carboxylic acids is 1. The molecule has 1 saturated heterocycles. The van der Waals surface area contributed by atoms with Gasteiger partial charge in [0.25, 0.3) is 5.91 Å². The summed E-state index contributed by atoms with van der Waals surface area (Å²) in [4.78, 5) is 20.9. The minimum atomic E-state index is -0.106. The highest BCUT2D eigenvalue weighted by Crippen LogP contribution is 2.25. The van der Waals surface area contributed by atoms with E-state index in [4.69, 9.17) is 4.74 Å². The molecule has 0 bridgehead atoms. The number of aryl methyl sites for hydroxylation is 1. The summed E-state index contributed by atoms with van der Waals surface area (Å²) in [7, 11) is 0. The van der Waals surface area contributed by atoms with Crippen molar-refractivity contribution in [3.8, 4) is 0 Å². The van der Waals surface area contributed by atoms with Crippen molar-refractivity contribution in [3.05, 3.63) is 54.0 Å². The number of rotatable bonds is 7. The molecule has 0 spiro atoms. The fourth-order valence-corrected chi connectivity index (χ4v) is 3.30. The summed E-state index contributed by atoms with van der Waals surface area (Å²) in [5, 5.41) is 6.38. The second kappa shape index (κ2) is 8.95. The Morgan fingerprint density at radius 2 is 2.15 bits per heavy atom. The van der Waals surface area contributed by atoms with Gasteiger partial charge in [-0.1, -0.05) is 6.07 Å². The number of hydrogen-bond donors (Lipinski definition) is 2. The van der Waals surface area contributed by atoms with E-state index in [9.17, 15) is 4.79 Å². The topological polar surface area (TPSA) is 76.1 Å². The summed E-state index contributed by atoms with van der Waals surface area (Å²) in [5.41, 5.74) is 1.51. The third-order valence-corrected chi connectivity index (χ3v) is 4.70. The SMILES string of the molecule is CC1(C)CC(Nc2ccc(C(=O)NCCCc3ccccn3)cn2)CCO1. The van der Waals surface area contributed by atoms with Gasteiger partial charge >= 0.3 is 0 Å². The van der Waals surface area contributed by atoms with Crippen LogP contribution < -0.4 is 10.6 Å². The first-order valence-electron chi connectivity index (χ1n) is 9.56. The first-order valence-corrected chi connectivity index (χ1v) is 9.56. The van der Waals surface area contributed by atoms with Crippen LogP contribution in [0.1, 0.15) is 49.2 Å². The van der Waals surface area contributed by atoms with Crippen LogP contribution in [0.4, 0.5) is 5.82 Å². The molecule has 1 fully saturated rings. The zero-order valence-corrected chi connectivity index (χ0v) is 16.1. The Labute approximate surface area is 160 Å². The molecule has 144 valence electrons. The van der Waals surface area contributed by atoms with Crippen molar-refractivity contribution in [1.29, 1.82) is 0 Å². The second-order valence-corrected chi connectivity index (χ2v) is 7.55. The first-order chi connectivity index (χ1) is 13.0. The summed E-state index contributed by atoms with van der Waals surface area (Å²) >= 11 is 0. The molecule has 1 aliphatic heterocycles. The van der Waals surface area contributed by atoms with E-state index < -0.39 is 0 Å². The van der Waals surface area contributed by atoms with Gasteiger partial charge in [-0.2, -0.15) is 0 Å². The average molecular weight is 368 g/mol. The molecule has 3 heterocycles. The molecule has 3 rings (SSSR count). The molecule has 1 aliphatic rings. The molecule has 1 unspecified atom stereocenters. The van der Waals surface area contributed by atoms with Crippen molar-refractivity contribution in [1.82, 2.24) is 15.3 Å². The fraction of sp³-hybridized carbons (Fsp3) is 0.476. The Kier molecular flexibility index (Phi) is 6.40. The van der Waals surface area contributed by atoms with Gasteiger partial charge in [0.05, 0.1) is 11.2 Å². The predicted octanol–water partition coefficient (Wildman–Crippen LogP) is 3.21. The summed E-state index contributed by atoms with van der Waals surface area (Å²) < 4.78 is 5.74. The maximum Gasteiger partial charge on any atom is 0.252 e. The van der Waals surface area contributed by atoms with Crippen molar-refractivity contribution in [2.45, 2.75) is 51.2 Å². The maximum atomic E-state index is 12.2. The number of amides is 1. The van der Waals surface area contributed by atoms with Crippen molar-refractivity contribution in [3.63, 3.8) is 0 Å². The van der Waals surface area contributed by atoms with Crippen LogP contribution in [-0.4, -0.2) is 40.7 Å². The van der Waals surface area contributed by atoms with Gasteiger partial charge in [0.15, 0.2) is 0 Å². The van der Waals surface area contributed by atoms with E-state index in [1.807, 2.05) is 30.3 Å². The van der Waals surface area contributed by atoms with Crippen LogP contribution in [0.2, 0.25) is 0 Å². The highest BCUT2D eigenvalue weighted by atomic mass is 16.5. The third-order valence-electron chi connectivity index (χ3n) is 4.70. The number of carbonyl (C=O) groups is 1. The van der Waals surface area contributed by atoms with Gasteiger partial charge in [-0.05, 0) is 63.8 Å². The van der Waals surface area contributed by atoms with Gasteiger partial charge in [0.1, 0.15) is 5.82 Å². The molecule has 0 aromatic carbocycles. The van der Waals surface area contributed by atoms with Gasteiger partial charge in [-0.25, -0.2) is 4.98 Å². The van der Waals surface area contributed by atoms with Crippen molar-refractivity contribution >= 4 is 11.7 Å². The number of hydrogen-bond acceptors (Lipinski definition) is 5. The monoisotopic (exact) mass is 368 g/mol. The van der Waals surface area contributed by atoms with E-state index in [0.29, 0.717) is 18.2 Å². The average Bonchev–Trinajstić information content (AvgIpc) is 2.66. The van der Waals surface area contributed by atoms with Crippen molar-refractivity contribution < 1.29 is 9.53 Å². The molecule has 0 radical (unpaired) electrons. The third kappa shape index (κ3) is 6.03. The standard InChI is InChI=1S/C21H28N4O2/c1-21(2)14-18(10-13-27-21)25-19-9-8-16(15-24-19)20(26)23-12-5-7-17-6-3-4-11-22-17/h3-4,6,8-9,11,15,18H,5,7,10,12-14H2,1-2H3,(H,23,26)(H,24,25). The summed E-state index contributed by atoms with van der Waals surface area (Å²) in [6.45, 7) is 5.58. The summed E-state index contributed by atoms with van der Waals surface area (Å²) in [5.74, 6) is 0.701. The zero-order valence-electron chi connectivity index (χ0n) is 16.1. The Balaban J connectivity index is 1.43. The molecular weight excluding hydrogens is 340 g/mol. The normalized spacial score (nSPS) is 18.7. The molecule has 1 atom stereocenters. The minimum Gasteiger partial charge on any atom is -0.375 e. The first kappa shape index (κ1) is 19.3. The Morgan fingerprint density at radius 1 is 1.26 bits per heavy atom. The van der Waals surface area contributed by atoms with E-state index >= 15 is 0 Å². The molecule has 2 aromatic heterocycles. The van der Waals surface area contributed by atoms with Gasteiger partial charge < -0.3 is 15.4 Å². The van der Waals surface area contributed by atoms with Gasteiger partial charge in [-0.3, -0.25) is 9.78 Å². The largest absolute Gasteiger partial charge is 0.375 e. The number of ether oxygens (including phenoxy) is 1. The van der Waals surface area contributed by atoms with E-state index in [0.717, 1.165) is 43.8 Å². The molecule has 2 aromatic rings. The highest BCUT2D eigenvalue weighted by molar-refractivity contribution is 5.94. The molecular formula is C21H28N4O2. The summed E-state index contributed by atoms with van der Waals surface area (Å²) in [6.07, 6.45) is 7.02. The van der Waals surface area contributed by atoms with Crippen molar-refractivity contribution in [2.24, 2.45) is 0 Å². The molecule has 6 nitrogen and oxygen atoms in total. The Morgan fingerprint density at radius 3 is 2.85 bits per heavy atom. The number of pyridine rings is 2. The maximum absolute atomic E-state index is 12.2. The lowest BCUT2D eigenvalue weighted by molar-refractivity contribution is -0.0553. The second-order valence-electron chi connectivity index (χ2n) is 7.55. The number of anilines is 1. The minimum absolute atomic E-state index is 0.0951. The lowest BCUT2D eigenvalue weighted by atomic mass is 9.94. The number of aromatic nitrogens is 2. The molecule has 0 aliphatic carbocycles. The lowest BCUT2D eigenvalue weighted by Crippen LogP contribution is -2.40. The molecule has 27 heavy (non-hydrogen) atoms. The summed E-state index contributed by atoms with van der Waals surface area (Å²) in [6, 6.07) is 9.90. The van der Waals surface area contributed by atoms with Crippen LogP contribution in [0.25, 0.3) is 0 Å². The zero-order chi connectivity index (χ0) is 19.1. The predicted molar refractivity (Wildman–Crippen MR) is 106 cm³/mol. The quantitative estimate of drug-likeness (QED) is 0.734.